The molecule has 1 aliphatic rings. The van der Waals surface area contributed by atoms with Gasteiger partial charge >= 0.3 is 0 Å². The number of rotatable bonds is 5. The molecule has 1 unspecified atom stereocenters. The van der Waals surface area contributed by atoms with Crippen molar-refractivity contribution in [2.45, 2.75) is 24.9 Å². The van der Waals surface area contributed by atoms with Crippen LogP contribution in [0.25, 0.3) is 0 Å². The van der Waals surface area contributed by atoms with E-state index < -0.39 is 0 Å². The molecular formula is C13H19NO2S. The van der Waals surface area contributed by atoms with Crippen molar-refractivity contribution in [3.63, 3.8) is 0 Å². The Balaban J connectivity index is 1.87. The Kier molecular flexibility index (Phi) is 4.71. The van der Waals surface area contributed by atoms with E-state index in [2.05, 4.69) is 5.32 Å². The maximum Gasteiger partial charge on any atom is 0.115 e. The summed E-state index contributed by atoms with van der Waals surface area (Å²) in [5.74, 6) is 2.65. The summed E-state index contributed by atoms with van der Waals surface area (Å²) in [6, 6.07) is 7.84. The highest BCUT2D eigenvalue weighted by Gasteiger charge is 2.19. The van der Waals surface area contributed by atoms with Gasteiger partial charge < -0.3 is 15.5 Å². The molecule has 1 aromatic carbocycles. The van der Waals surface area contributed by atoms with Crippen LogP contribution in [0.4, 0.5) is 0 Å². The Bertz CT molecular complexity index is 336. The lowest BCUT2D eigenvalue weighted by Gasteiger charge is -2.20. The fourth-order valence-electron chi connectivity index (χ4n) is 2.09. The average Bonchev–Trinajstić information content (AvgIpc) is 2.84. The SMILES string of the molecule is OC[C@H](Cc1ccc(O)cc1)NC1CCSC1. The molecule has 3 nitrogen and oxygen atoms in total. The standard InChI is InChI=1S/C13H19NO2S/c15-8-12(14-11-5-6-17-9-11)7-10-1-3-13(16)4-2-10/h1-4,11-12,14-16H,5-9H2/t11?,12-/m0/s1. The number of hydrogen-bond donors (Lipinski definition) is 3. The number of aliphatic hydroxyl groups excluding tert-OH is 1. The highest BCUT2D eigenvalue weighted by Crippen LogP contribution is 2.18. The van der Waals surface area contributed by atoms with E-state index in [4.69, 9.17) is 0 Å². The van der Waals surface area contributed by atoms with Crippen LogP contribution in [0, 0.1) is 0 Å². The van der Waals surface area contributed by atoms with Gasteiger partial charge in [0.25, 0.3) is 0 Å². The summed E-state index contributed by atoms with van der Waals surface area (Å²) < 4.78 is 0. The molecule has 1 heterocycles. The average molecular weight is 253 g/mol. The molecule has 17 heavy (non-hydrogen) atoms. The van der Waals surface area contributed by atoms with E-state index in [0.717, 1.165) is 17.7 Å². The predicted molar refractivity (Wildman–Crippen MR) is 71.6 cm³/mol. The Hall–Kier alpha value is -0.710. The van der Waals surface area contributed by atoms with Crippen molar-refractivity contribution in [1.29, 1.82) is 0 Å². The van der Waals surface area contributed by atoms with Crippen LogP contribution in [0.1, 0.15) is 12.0 Å². The zero-order valence-electron chi connectivity index (χ0n) is 9.80. The zero-order valence-corrected chi connectivity index (χ0v) is 10.6. The number of hydrogen-bond acceptors (Lipinski definition) is 4. The van der Waals surface area contributed by atoms with Gasteiger partial charge in [0.05, 0.1) is 6.61 Å². The minimum absolute atomic E-state index is 0.114. The van der Waals surface area contributed by atoms with E-state index in [9.17, 15) is 10.2 Å². The molecule has 1 fully saturated rings. The first-order valence-corrected chi connectivity index (χ1v) is 7.16. The molecule has 2 rings (SSSR count). The molecule has 2 atom stereocenters. The van der Waals surface area contributed by atoms with Crippen LogP contribution in [0.3, 0.4) is 0 Å². The van der Waals surface area contributed by atoms with Gasteiger partial charge in [-0.1, -0.05) is 12.1 Å². The minimum Gasteiger partial charge on any atom is -0.508 e. The van der Waals surface area contributed by atoms with Crippen LogP contribution >= 0.6 is 11.8 Å². The molecule has 3 N–H and O–H groups in total. The summed E-state index contributed by atoms with van der Waals surface area (Å²) in [7, 11) is 0. The number of phenolic OH excluding ortho intramolecular Hbond substituents is 1. The maximum absolute atomic E-state index is 9.38. The second-order valence-corrected chi connectivity index (χ2v) is 5.63. The van der Waals surface area contributed by atoms with Crippen molar-refractivity contribution in [3.05, 3.63) is 29.8 Å². The Labute approximate surface area is 106 Å². The number of benzene rings is 1. The summed E-state index contributed by atoms with van der Waals surface area (Å²) in [4.78, 5) is 0. The van der Waals surface area contributed by atoms with Gasteiger partial charge in [0.2, 0.25) is 0 Å². The van der Waals surface area contributed by atoms with Gasteiger partial charge in [0, 0.05) is 17.8 Å². The molecule has 1 aromatic rings. The number of thioether (sulfide) groups is 1. The molecule has 0 amide bonds. The van der Waals surface area contributed by atoms with E-state index in [1.807, 2.05) is 23.9 Å². The van der Waals surface area contributed by atoms with Crippen LogP contribution < -0.4 is 5.32 Å². The first-order chi connectivity index (χ1) is 8.28. The zero-order chi connectivity index (χ0) is 12.1. The first kappa shape index (κ1) is 12.7. The number of phenols is 1. The third kappa shape index (κ3) is 3.91. The summed E-state index contributed by atoms with van der Waals surface area (Å²) in [5, 5.41) is 22.1. The lowest BCUT2D eigenvalue weighted by Crippen LogP contribution is -2.41. The lowest BCUT2D eigenvalue weighted by molar-refractivity contribution is 0.233. The molecule has 0 bridgehead atoms. The second-order valence-electron chi connectivity index (χ2n) is 4.48. The predicted octanol–water partition coefficient (Wildman–Crippen LogP) is 1.39. The van der Waals surface area contributed by atoms with E-state index >= 15 is 0 Å². The third-order valence-electron chi connectivity index (χ3n) is 3.04. The van der Waals surface area contributed by atoms with Gasteiger partial charge in [0.1, 0.15) is 5.75 Å². The quantitative estimate of drug-likeness (QED) is 0.742. The van der Waals surface area contributed by atoms with Gasteiger partial charge in [-0.2, -0.15) is 11.8 Å². The number of aliphatic hydroxyl groups is 1. The molecular weight excluding hydrogens is 234 g/mol. The number of aromatic hydroxyl groups is 1. The van der Waals surface area contributed by atoms with Gasteiger partial charge in [-0.05, 0) is 36.3 Å². The largest absolute Gasteiger partial charge is 0.508 e. The van der Waals surface area contributed by atoms with Crippen molar-refractivity contribution in [3.8, 4) is 5.75 Å². The molecule has 94 valence electrons. The molecule has 1 aliphatic heterocycles. The molecule has 4 heteroatoms. The Morgan fingerprint density at radius 2 is 2.12 bits per heavy atom. The van der Waals surface area contributed by atoms with Crippen LogP contribution in [0.5, 0.6) is 5.75 Å². The maximum atomic E-state index is 9.38. The van der Waals surface area contributed by atoms with E-state index in [-0.39, 0.29) is 18.4 Å². The minimum atomic E-state index is 0.114. The van der Waals surface area contributed by atoms with Crippen molar-refractivity contribution in [1.82, 2.24) is 5.32 Å². The van der Waals surface area contributed by atoms with Crippen LogP contribution in [0.2, 0.25) is 0 Å². The summed E-state index contributed by atoms with van der Waals surface area (Å²) in [6.07, 6.45) is 1.99. The smallest absolute Gasteiger partial charge is 0.115 e. The van der Waals surface area contributed by atoms with Gasteiger partial charge in [0.15, 0.2) is 0 Å². The van der Waals surface area contributed by atoms with E-state index in [0.29, 0.717) is 6.04 Å². The third-order valence-corrected chi connectivity index (χ3v) is 4.20. The van der Waals surface area contributed by atoms with Crippen molar-refractivity contribution in [2.75, 3.05) is 18.1 Å². The molecule has 1 saturated heterocycles. The fourth-order valence-corrected chi connectivity index (χ4v) is 3.26. The van der Waals surface area contributed by atoms with E-state index in [1.54, 1.807) is 12.1 Å². The van der Waals surface area contributed by atoms with Gasteiger partial charge in [-0.15, -0.1) is 0 Å². The normalized spacial score (nSPS) is 21.6. The van der Waals surface area contributed by atoms with E-state index in [1.165, 1.54) is 12.2 Å². The lowest BCUT2D eigenvalue weighted by atomic mass is 10.1. The molecule has 0 aromatic heterocycles. The highest BCUT2D eigenvalue weighted by atomic mass is 32.2. The van der Waals surface area contributed by atoms with Gasteiger partial charge in [-0.3, -0.25) is 0 Å². The van der Waals surface area contributed by atoms with Crippen LogP contribution in [-0.4, -0.2) is 40.4 Å². The first-order valence-electron chi connectivity index (χ1n) is 6.00. The summed E-state index contributed by atoms with van der Waals surface area (Å²) in [6.45, 7) is 0.155. The van der Waals surface area contributed by atoms with Crippen molar-refractivity contribution < 1.29 is 10.2 Å². The Morgan fingerprint density at radius 3 is 2.71 bits per heavy atom. The molecule has 0 radical (unpaired) electrons. The summed E-state index contributed by atoms with van der Waals surface area (Å²) in [5.41, 5.74) is 1.14. The monoisotopic (exact) mass is 253 g/mol. The van der Waals surface area contributed by atoms with Crippen molar-refractivity contribution in [2.24, 2.45) is 0 Å². The van der Waals surface area contributed by atoms with Gasteiger partial charge in [-0.25, -0.2) is 0 Å². The second kappa shape index (κ2) is 6.28. The van der Waals surface area contributed by atoms with Crippen LogP contribution in [0.15, 0.2) is 24.3 Å². The topological polar surface area (TPSA) is 52.5 Å². The van der Waals surface area contributed by atoms with Crippen molar-refractivity contribution >= 4 is 11.8 Å². The summed E-state index contributed by atoms with van der Waals surface area (Å²) >= 11 is 1.97. The molecule has 0 spiro atoms. The molecule has 0 saturated carbocycles. The Morgan fingerprint density at radius 1 is 1.35 bits per heavy atom. The fraction of sp³-hybridized carbons (Fsp3) is 0.538. The molecule has 0 aliphatic carbocycles. The number of nitrogens with one attached hydrogen (secondary N) is 1. The van der Waals surface area contributed by atoms with Crippen LogP contribution in [-0.2, 0) is 6.42 Å². The highest BCUT2D eigenvalue weighted by molar-refractivity contribution is 7.99.